The molecule has 4 rings (SSSR count). The third-order valence-corrected chi connectivity index (χ3v) is 4.88. The van der Waals surface area contributed by atoms with Crippen molar-refractivity contribution in [1.82, 2.24) is 9.88 Å². The molecular formula is C19H15N3O2S. The number of carbonyl (C=O) groups excluding carboxylic acids is 2. The van der Waals surface area contributed by atoms with E-state index in [-0.39, 0.29) is 11.8 Å². The molecule has 1 aromatic heterocycles. The molecule has 124 valence electrons. The van der Waals surface area contributed by atoms with Gasteiger partial charge in [0.25, 0.3) is 11.8 Å². The average Bonchev–Trinajstić information content (AvgIpc) is 3.25. The lowest BCUT2D eigenvalue weighted by Gasteiger charge is -2.27. The van der Waals surface area contributed by atoms with Crippen molar-refractivity contribution in [2.24, 2.45) is 0 Å². The summed E-state index contributed by atoms with van der Waals surface area (Å²) in [6.07, 6.45) is 1.63. The minimum absolute atomic E-state index is 0.126. The van der Waals surface area contributed by atoms with Gasteiger partial charge in [0.15, 0.2) is 5.13 Å². The monoisotopic (exact) mass is 349 g/mol. The molecule has 0 radical (unpaired) electrons. The molecule has 3 aromatic rings. The van der Waals surface area contributed by atoms with Gasteiger partial charge in [-0.15, -0.1) is 11.3 Å². The van der Waals surface area contributed by atoms with Gasteiger partial charge in [0.2, 0.25) is 0 Å². The van der Waals surface area contributed by atoms with Crippen LogP contribution in [0.3, 0.4) is 0 Å². The van der Waals surface area contributed by atoms with E-state index >= 15 is 0 Å². The maximum atomic E-state index is 13.0. The van der Waals surface area contributed by atoms with Crippen LogP contribution in [0.5, 0.6) is 0 Å². The number of aromatic nitrogens is 1. The Morgan fingerprint density at radius 2 is 1.88 bits per heavy atom. The van der Waals surface area contributed by atoms with Crippen molar-refractivity contribution in [2.75, 3.05) is 5.32 Å². The molecule has 2 heterocycles. The normalized spacial score (nSPS) is 14.2. The van der Waals surface area contributed by atoms with Crippen molar-refractivity contribution in [1.29, 1.82) is 0 Å². The highest BCUT2D eigenvalue weighted by Crippen LogP contribution is 2.32. The highest BCUT2D eigenvalue weighted by Gasteiger charge is 2.37. The largest absolute Gasteiger partial charge is 0.318 e. The summed E-state index contributed by atoms with van der Waals surface area (Å²) >= 11 is 1.35. The van der Waals surface area contributed by atoms with E-state index in [9.17, 15) is 9.59 Å². The third-order valence-electron chi connectivity index (χ3n) is 4.19. The van der Waals surface area contributed by atoms with E-state index in [4.69, 9.17) is 0 Å². The van der Waals surface area contributed by atoms with Crippen LogP contribution in [0.15, 0.2) is 66.2 Å². The smallest absolute Gasteiger partial charge is 0.255 e. The van der Waals surface area contributed by atoms with Crippen molar-refractivity contribution in [2.45, 2.75) is 12.6 Å². The zero-order chi connectivity index (χ0) is 17.2. The van der Waals surface area contributed by atoms with E-state index in [1.807, 2.05) is 48.5 Å². The Hall–Kier alpha value is -2.99. The summed E-state index contributed by atoms with van der Waals surface area (Å²) in [5, 5.41) is 5.14. The van der Waals surface area contributed by atoms with Gasteiger partial charge in [-0.3, -0.25) is 14.9 Å². The van der Waals surface area contributed by atoms with Gasteiger partial charge >= 0.3 is 0 Å². The number of thiazole rings is 1. The van der Waals surface area contributed by atoms with Gasteiger partial charge in [-0.25, -0.2) is 4.98 Å². The first kappa shape index (κ1) is 15.5. The van der Waals surface area contributed by atoms with Crippen molar-refractivity contribution >= 4 is 28.3 Å². The van der Waals surface area contributed by atoms with Crippen LogP contribution < -0.4 is 5.32 Å². The van der Waals surface area contributed by atoms with Gasteiger partial charge < -0.3 is 4.90 Å². The number of nitrogens with one attached hydrogen (secondary N) is 1. The first-order valence-electron chi connectivity index (χ1n) is 7.88. The lowest BCUT2D eigenvalue weighted by atomic mass is 10.0. The molecule has 0 bridgehead atoms. The molecule has 2 aromatic carbocycles. The minimum Gasteiger partial charge on any atom is -0.318 e. The van der Waals surface area contributed by atoms with Gasteiger partial charge in [-0.2, -0.15) is 0 Å². The second-order valence-electron chi connectivity index (χ2n) is 5.73. The predicted octanol–water partition coefficient (Wildman–Crippen LogP) is 3.48. The highest BCUT2D eigenvalue weighted by atomic mass is 32.1. The summed E-state index contributed by atoms with van der Waals surface area (Å²) in [5.74, 6) is -0.388. The molecule has 1 N–H and O–H groups in total. The summed E-state index contributed by atoms with van der Waals surface area (Å²) < 4.78 is 0. The summed E-state index contributed by atoms with van der Waals surface area (Å²) in [4.78, 5) is 31.5. The Bertz CT molecular complexity index is 909. The number of hydrogen-bond acceptors (Lipinski definition) is 4. The number of hydrogen-bond donors (Lipinski definition) is 1. The average molecular weight is 349 g/mol. The van der Waals surface area contributed by atoms with E-state index in [1.54, 1.807) is 22.5 Å². The summed E-state index contributed by atoms with van der Waals surface area (Å²) in [6, 6.07) is 16.1. The SMILES string of the molecule is O=C(Nc1nccs1)[C@@H](c1ccccc1)N1Cc2ccccc2C1=O. The van der Waals surface area contributed by atoms with Crippen LogP contribution in [-0.2, 0) is 11.3 Å². The van der Waals surface area contributed by atoms with Crippen LogP contribution >= 0.6 is 11.3 Å². The number of fused-ring (bicyclic) bond motifs is 1. The lowest BCUT2D eigenvalue weighted by Crippen LogP contribution is -2.37. The minimum atomic E-state index is -0.704. The number of rotatable bonds is 4. The molecule has 0 spiro atoms. The fourth-order valence-corrected chi connectivity index (χ4v) is 3.58. The fourth-order valence-electron chi connectivity index (χ4n) is 3.05. The maximum Gasteiger partial charge on any atom is 0.255 e. The van der Waals surface area contributed by atoms with E-state index in [0.29, 0.717) is 17.2 Å². The van der Waals surface area contributed by atoms with Crippen molar-refractivity contribution < 1.29 is 9.59 Å². The van der Waals surface area contributed by atoms with Crippen LogP contribution in [0.2, 0.25) is 0 Å². The number of carbonyl (C=O) groups is 2. The molecule has 2 amide bonds. The molecule has 1 aliphatic rings. The molecule has 0 saturated carbocycles. The molecule has 0 fully saturated rings. The Morgan fingerprint density at radius 3 is 2.60 bits per heavy atom. The summed E-state index contributed by atoms with van der Waals surface area (Å²) in [7, 11) is 0. The molecule has 0 saturated heterocycles. The molecule has 25 heavy (non-hydrogen) atoms. The molecule has 5 nitrogen and oxygen atoms in total. The molecule has 0 aliphatic carbocycles. The fraction of sp³-hybridized carbons (Fsp3) is 0.105. The number of benzene rings is 2. The van der Waals surface area contributed by atoms with Crippen LogP contribution in [0, 0.1) is 0 Å². The molecule has 0 unspecified atom stereocenters. The summed E-state index contributed by atoms with van der Waals surface area (Å²) in [5.41, 5.74) is 2.37. The zero-order valence-electron chi connectivity index (χ0n) is 13.3. The highest BCUT2D eigenvalue weighted by molar-refractivity contribution is 7.13. The third kappa shape index (κ3) is 2.92. The molecule has 6 heteroatoms. The van der Waals surface area contributed by atoms with Gasteiger partial charge in [-0.1, -0.05) is 48.5 Å². The Morgan fingerprint density at radius 1 is 1.12 bits per heavy atom. The van der Waals surface area contributed by atoms with E-state index in [0.717, 1.165) is 11.1 Å². The molecule has 1 aliphatic heterocycles. The van der Waals surface area contributed by atoms with Crippen LogP contribution in [0.1, 0.15) is 27.5 Å². The number of amides is 2. The van der Waals surface area contributed by atoms with Crippen molar-refractivity contribution in [3.8, 4) is 0 Å². The van der Waals surface area contributed by atoms with E-state index in [1.165, 1.54) is 11.3 Å². The topological polar surface area (TPSA) is 62.3 Å². The predicted molar refractivity (Wildman–Crippen MR) is 96.2 cm³/mol. The van der Waals surface area contributed by atoms with Crippen molar-refractivity contribution in [3.63, 3.8) is 0 Å². The lowest BCUT2D eigenvalue weighted by molar-refractivity contribution is -0.120. The number of anilines is 1. The molecular weight excluding hydrogens is 334 g/mol. The van der Waals surface area contributed by atoms with E-state index < -0.39 is 6.04 Å². The van der Waals surface area contributed by atoms with Crippen molar-refractivity contribution in [3.05, 3.63) is 82.9 Å². The Kier molecular flexibility index (Phi) is 4.03. The molecule has 1 atom stereocenters. The number of nitrogens with zero attached hydrogens (tertiary/aromatic N) is 2. The standard InChI is InChI=1S/C19H15N3O2S/c23-17(21-19-20-10-11-25-19)16(13-6-2-1-3-7-13)22-12-14-8-4-5-9-15(14)18(22)24/h1-11,16H,12H2,(H,20,21,23)/t16-/m1/s1. The van der Waals surface area contributed by atoms with E-state index in [2.05, 4.69) is 10.3 Å². The second kappa shape index (κ2) is 6.49. The van der Waals surface area contributed by atoms with Crippen LogP contribution in [0.25, 0.3) is 0 Å². The zero-order valence-corrected chi connectivity index (χ0v) is 14.1. The van der Waals surface area contributed by atoms with Gasteiger partial charge in [0, 0.05) is 23.7 Å². The summed E-state index contributed by atoms with van der Waals surface area (Å²) in [6.45, 7) is 0.417. The van der Waals surface area contributed by atoms with Crippen LogP contribution in [0.4, 0.5) is 5.13 Å². The first-order chi connectivity index (χ1) is 12.2. The van der Waals surface area contributed by atoms with Crippen LogP contribution in [-0.4, -0.2) is 21.7 Å². The first-order valence-corrected chi connectivity index (χ1v) is 8.76. The van der Waals surface area contributed by atoms with Gasteiger partial charge in [0.05, 0.1) is 0 Å². The maximum absolute atomic E-state index is 13.0. The van der Waals surface area contributed by atoms with Gasteiger partial charge in [0.1, 0.15) is 6.04 Å². The quantitative estimate of drug-likeness (QED) is 0.784. The van der Waals surface area contributed by atoms with Gasteiger partial charge in [-0.05, 0) is 17.2 Å². The Balaban J connectivity index is 1.69. The second-order valence-corrected chi connectivity index (χ2v) is 6.62. The Labute approximate surface area is 148 Å².